The van der Waals surface area contributed by atoms with Crippen LogP contribution in [-0.2, 0) is 6.54 Å². The van der Waals surface area contributed by atoms with Crippen LogP contribution in [0.1, 0.15) is 19.4 Å². The van der Waals surface area contributed by atoms with Gasteiger partial charge in [-0.15, -0.1) is 12.4 Å². The molecule has 2 aromatic carbocycles. The van der Waals surface area contributed by atoms with E-state index >= 15 is 0 Å². The molecule has 0 atom stereocenters. The lowest BCUT2D eigenvalue weighted by Crippen LogP contribution is -2.22. The van der Waals surface area contributed by atoms with Crippen molar-refractivity contribution in [3.63, 3.8) is 0 Å². The average molecular weight is 435 g/mol. The summed E-state index contributed by atoms with van der Waals surface area (Å²) < 4.78 is 0. The zero-order valence-electron chi connectivity index (χ0n) is 17.2. The Balaban J connectivity index is 0.00000300. The number of hydrogen-bond donors (Lipinski definition) is 2. The molecule has 0 unspecified atom stereocenters. The number of fused-ring (bicyclic) bond motifs is 1. The molecule has 29 heavy (non-hydrogen) atoms. The van der Waals surface area contributed by atoms with Crippen molar-refractivity contribution >= 4 is 52.1 Å². The number of halogens is 2. The third-order valence-electron chi connectivity index (χ3n) is 4.90. The summed E-state index contributed by atoms with van der Waals surface area (Å²) in [7, 11) is 4.00. The van der Waals surface area contributed by atoms with Crippen molar-refractivity contribution in [2.45, 2.75) is 20.4 Å². The third-order valence-corrected chi connectivity index (χ3v) is 5.21. The SMILES string of the molecule is CCN(CC)Cc1cc(Nc2cc(Cl)c3ccc(N(C)C)cc3n2)ccc1O.Cl. The molecular formula is C22H28Cl2N4O. The summed E-state index contributed by atoms with van der Waals surface area (Å²) in [6.45, 7) is 6.80. The molecule has 0 aliphatic carbocycles. The summed E-state index contributed by atoms with van der Waals surface area (Å²) in [6.07, 6.45) is 0. The summed E-state index contributed by atoms with van der Waals surface area (Å²) in [4.78, 5) is 9.02. The van der Waals surface area contributed by atoms with Gasteiger partial charge >= 0.3 is 0 Å². The molecule has 2 N–H and O–H groups in total. The number of rotatable bonds is 7. The molecule has 0 spiro atoms. The highest BCUT2D eigenvalue weighted by Crippen LogP contribution is 2.30. The number of nitrogens with zero attached hydrogens (tertiary/aromatic N) is 3. The molecule has 1 heterocycles. The number of aromatic nitrogens is 1. The Labute approximate surface area is 183 Å². The first-order valence-electron chi connectivity index (χ1n) is 9.50. The van der Waals surface area contributed by atoms with E-state index in [0.29, 0.717) is 23.1 Å². The molecule has 0 saturated carbocycles. The van der Waals surface area contributed by atoms with E-state index in [0.717, 1.165) is 40.9 Å². The van der Waals surface area contributed by atoms with Gasteiger partial charge in [0.2, 0.25) is 0 Å². The van der Waals surface area contributed by atoms with Crippen LogP contribution in [0.2, 0.25) is 5.02 Å². The van der Waals surface area contributed by atoms with Crippen molar-refractivity contribution in [1.82, 2.24) is 9.88 Å². The van der Waals surface area contributed by atoms with Gasteiger partial charge in [0.25, 0.3) is 0 Å². The maximum atomic E-state index is 10.2. The van der Waals surface area contributed by atoms with Crippen molar-refractivity contribution in [2.24, 2.45) is 0 Å². The summed E-state index contributed by atoms with van der Waals surface area (Å²) >= 11 is 6.48. The number of nitrogens with one attached hydrogen (secondary N) is 1. The second kappa shape index (κ2) is 10.0. The van der Waals surface area contributed by atoms with E-state index in [1.54, 1.807) is 6.07 Å². The molecule has 0 saturated heterocycles. The molecule has 0 radical (unpaired) electrons. The predicted molar refractivity (Wildman–Crippen MR) is 126 cm³/mol. The number of aromatic hydroxyl groups is 1. The molecule has 3 rings (SSSR count). The largest absolute Gasteiger partial charge is 0.508 e. The third kappa shape index (κ3) is 5.44. The van der Waals surface area contributed by atoms with E-state index in [1.807, 2.05) is 55.4 Å². The van der Waals surface area contributed by atoms with E-state index in [1.165, 1.54) is 0 Å². The molecule has 0 fully saturated rings. The molecule has 0 bridgehead atoms. The molecule has 1 aromatic heterocycles. The first-order chi connectivity index (χ1) is 13.4. The molecule has 5 nitrogen and oxygen atoms in total. The Morgan fingerprint density at radius 2 is 1.76 bits per heavy atom. The van der Waals surface area contributed by atoms with Crippen molar-refractivity contribution < 1.29 is 5.11 Å². The van der Waals surface area contributed by atoms with E-state index in [9.17, 15) is 5.11 Å². The Kier molecular flexibility index (Phi) is 7.96. The molecular weight excluding hydrogens is 407 g/mol. The lowest BCUT2D eigenvalue weighted by Gasteiger charge is -2.19. The van der Waals surface area contributed by atoms with Crippen molar-refractivity contribution in [2.75, 3.05) is 37.4 Å². The summed E-state index contributed by atoms with van der Waals surface area (Å²) in [5.41, 5.74) is 3.66. The number of benzene rings is 2. The molecule has 0 amide bonds. The van der Waals surface area contributed by atoms with Gasteiger partial charge in [-0.3, -0.25) is 4.90 Å². The lowest BCUT2D eigenvalue weighted by molar-refractivity contribution is 0.291. The average Bonchev–Trinajstić information content (AvgIpc) is 2.67. The quantitative estimate of drug-likeness (QED) is 0.469. The van der Waals surface area contributed by atoms with E-state index in [-0.39, 0.29) is 12.4 Å². The first-order valence-corrected chi connectivity index (χ1v) is 9.88. The van der Waals surface area contributed by atoms with Crippen LogP contribution >= 0.6 is 24.0 Å². The molecule has 156 valence electrons. The van der Waals surface area contributed by atoms with Crippen molar-refractivity contribution in [3.05, 3.63) is 53.1 Å². The van der Waals surface area contributed by atoms with E-state index in [4.69, 9.17) is 16.6 Å². The van der Waals surface area contributed by atoms with Gasteiger partial charge in [0.05, 0.1) is 10.5 Å². The highest BCUT2D eigenvalue weighted by molar-refractivity contribution is 6.35. The van der Waals surface area contributed by atoms with Crippen LogP contribution in [0.3, 0.4) is 0 Å². The monoisotopic (exact) mass is 434 g/mol. The molecule has 3 aromatic rings. The summed E-state index contributed by atoms with van der Waals surface area (Å²) in [5.74, 6) is 0.977. The number of phenolic OH excluding ortho intramolecular Hbond substituents is 1. The van der Waals surface area contributed by atoms with E-state index < -0.39 is 0 Å². The van der Waals surface area contributed by atoms with E-state index in [2.05, 4.69) is 24.1 Å². The van der Waals surface area contributed by atoms with Gasteiger partial charge in [-0.05, 0) is 49.5 Å². The van der Waals surface area contributed by atoms with Crippen LogP contribution < -0.4 is 10.2 Å². The maximum Gasteiger partial charge on any atom is 0.132 e. The van der Waals surface area contributed by atoms with Gasteiger partial charge < -0.3 is 15.3 Å². The topological polar surface area (TPSA) is 51.6 Å². The number of phenols is 1. The predicted octanol–water partition coefficient (Wildman–Crippen LogP) is 5.67. The minimum Gasteiger partial charge on any atom is -0.508 e. The Morgan fingerprint density at radius 1 is 1.03 bits per heavy atom. The zero-order valence-corrected chi connectivity index (χ0v) is 18.8. The fourth-order valence-corrected chi connectivity index (χ4v) is 3.41. The van der Waals surface area contributed by atoms with Gasteiger partial charge in [0.15, 0.2) is 0 Å². The first kappa shape index (κ1) is 23.1. The lowest BCUT2D eigenvalue weighted by atomic mass is 10.1. The Hall–Kier alpha value is -2.21. The number of anilines is 3. The molecule has 7 heteroatoms. The fraction of sp³-hybridized carbons (Fsp3) is 0.318. The normalized spacial score (nSPS) is 10.8. The van der Waals surface area contributed by atoms with Crippen molar-refractivity contribution in [1.29, 1.82) is 0 Å². The maximum absolute atomic E-state index is 10.2. The van der Waals surface area contributed by atoms with Gasteiger partial charge in [-0.25, -0.2) is 4.98 Å². The highest BCUT2D eigenvalue weighted by Gasteiger charge is 2.10. The van der Waals surface area contributed by atoms with Crippen LogP contribution in [0.5, 0.6) is 5.75 Å². The van der Waals surface area contributed by atoms with Crippen LogP contribution in [-0.4, -0.2) is 42.2 Å². The van der Waals surface area contributed by atoms with Crippen LogP contribution in [0.4, 0.5) is 17.2 Å². The zero-order chi connectivity index (χ0) is 20.3. The minimum atomic E-state index is 0. The Bertz CT molecular complexity index is 974. The second-order valence-electron chi connectivity index (χ2n) is 7.02. The standard InChI is InChI=1S/C22H27ClN4O.ClH/c1-5-27(6-2)14-15-11-16(7-10-21(15)28)24-22-13-19(23)18-9-8-17(26(3)4)12-20(18)25-22;/h7-13,28H,5-6,14H2,1-4H3,(H,24,25);1H. The van der Waals surface area contributed by atoms with Gasteiger partial charge in [0.1, 0.15) is 11.6 Å². The van der Waals surface area contributed by atoms with Crippen LogP contribution in [0.15, 0.2) is 42.5 Å². The van der Waals surface area contributed by atoms with Crippen LogP contribution in [0.25, 0.3) is 10.9 Å². The summed E-state index contributed by atoms with van der Waals surface area (Å²) in [5, 5.41) is 15.1. The van der Waals surface area contributed by atoms with Crippen LogP contribution in [0, 0.1) is 0 Å². The molecule has 0 aliphatic heterocycles. The molecule has 0 aliphatic rings. The summed E-state index contributed by atoms with van der Waals surface area (Å²) in [6, 6.07) is 13.4. The van der Waals surface area contributed by atoms with Gasteiger partial charge in [0, 0.05) is 49.0 Å². The second-order valence-corrected chi connectivity index (χ2v) is 7.42. The number of pyridine rings is 1. The van der Waals surface area contributed by atoms with Crippen molar-refractivity contribution in [3.8, 4) is 5.75 Å². The fourth-order valence-electron chi connectivity index (χ4n) is 3.14. The Morgan fingerprint density at radius 3 is 2.41 bits per heavy atom. The minimum absolute atomic E-state index is 0. The number of hydrogen-bond acceptors (Lipinski definition) is 5. The smallest absolute Gasteiger partial charge is 0.132 e. The van der Waals surface area contributed by atoms with Gasteiger partial charge in [-0.1, -0.05) is 25.4 Å². The highest BCUT2D eigenvalue weighted by atomic mass is 35.5. The van der Waals surface area contributed by atoms with Gasteiger partial charge in [-0.2, -0.15) is 0 Å².